The summed E-state index contributed by atoms with van der Waals surface area (Å²) in [6.07, 6.45) is 35.0. The third kappa shape index (κ3) is 33.4. The normalized spacial score (nSPS) is 16.0. The fraction of sp³-hybridized carbons (Fsp3) is 0.958. The van der Waals surface area contributed by atoms with Crippen LogP contribution in [0.3, 0.4) is 0 Å². The van der Waals surface area contributed by atoms with Crippen molar-refractivity contribution in [2.45, 2.75) is 219 Å². The number of rotatable bonds is 42. The van der Waals surface area contributed by atoms with Gasteiger partial charge >= 0.3 is 0 Å². The Labute approximate surface area is 358 Å². The van der Waals surface area contributed by atoms with Gasteiger partial charge in [0.25, 0.3) is 0 Å². The van der Waals surface area contributed by atoms with Crippen LogP contribution in [0.15, 0.2) is 0 Å². The quantitative estimate of drug-likeness (QED) is 0.0335. The summed E-state index contributed by atoms with van der Waals surface area (Å²) in [6.45, 7) is 10.6. The van der Waals surface area contributed by atoms with Crippen molar-refractivity contribution in [1.82, 2.24) is 20.4 Å². The lowest BCUT2D eigenvalue weighted by atomic mass is 9.92. The standard InChI is InChI=1S/C48H98N6O4/c1-3-5-7-9-11-13-15-17-19-21-23-27-43(29-25-31-49)37-47(57)51-39-45(55)41-53-33-35-54(36-34-53)42-46(56)40-52-48(58)38-44(30-26-32-50)28-24-22-20-18-16-14-12-10-8-6-4-2/h43-46,55-56H,3-42,49-50H2,1-2H3,(H,51,57)(H,52,58). The minimum atomic E-state index is -0.617. The zero-order valence-corrected chi connectivity index (χ0v) is 38.4. The van der Waals surface area contributed by atoms with Gasteiger partial charge in [-0.2, -0.15) is 0 Å². The second-order valence-corrected chi connectivity index (χ2v) is 18.2. The molecular formula is C48H98N6O4. The lowest BCUT2D eigenvalue weighted by molar-refractivity contribution is -0.123. The van der Waals surface area contributed by atoms with Crippen molar-refractivity contribution < 1.29 is 19.8 Å². The fourth-order valence-corrected chi connectivity index (χ4v) is 8.72. The minimum absolute atomic E-state index is 0.0328. The first-order chi connectivity index (χ1) is 28.3. The van der Waals surface area contributed by atoms with E-state index in [9.17, 15) is 19.8 Å². The minimum Gasteiger partial charge on any atom is -0.390 e. The first-order valence-corrected chi connectivity index (χ1v) is 25.0. The molecule has 10 heteroatoms. The molecule has 344 valence electrons. The number of nitrogens with zero attached hydrogens (tertiary/aromatic N) is 2. The van der Waals surface area contributed by atoms with Crippen LogP contribution in [0.1, 0.15) is 206 Å². The van der Waals surface area contributed by atoms with Crippen LogP contribution < -0.4 is 22.1 Å². The van der Waals surface area contributed by atoms with E-state index >= 15 is 0 Å². The van der Waals surface area contributed by atoms with E-state index in [-0.39, 0.29) is 24.9 Å². The van der Waals surface area contributed by atoms with Crippen LogP contribution >= 0.6 is 0 Å². The number of aliphatic hydroxyl groups is 2. The number of carbonyl (C=O) groups is 2. The highest BCUT2D eigenvalue weighted by Crippen LogP contribution is 2.22. The maximum Gasteiger partial charge on any atom is 0.220 e. The number of piperazine rings is 1. The van der Waals surface area contributed by atoms with Crippen molar-refractivity contribution in [2.75, 3.05) is 65.4 Å². The molecule has 1 rings (SSSR count). The summed E-state index contributed by atoms with van der Waals surface area (Å²) >= 11 is 0. The number of nitrogens with two attached hydrogens (primary N) is 2. The predicted molar refractivity (Wildman–Crippen MR) is 246 cm³/mol. The molecule has 4 unspecified atom stereocenters. The van der Waals surface area contributed by atoms with Gasteiger partial charge in [-0.25, -0.2) is 0 Å². The number of β-amino-alcohol motifs (C(OH)–C–C–N with tert-alkyl or cyclic N) is 2. The second-order valence-electron chi connectivity index (χ2n) is 18.2. The van der Waals surface area contributed by atoms with Crippen LogP contribution in [0.5, 0.6) is 0 Å². The third-order valence-electron chi connectivity index (χ3n) is 12.5. The molecule has 0 aliphatic carbocycles. The molecule has 0 saturated carbocycles. The van der Waals surface area contributed by atoms with E-state index in [1.54, 1.807) is 0 Å². The summed E-state index contributed by atoms with van der Waals surface area (Å²) in [4.78, 5) is 30.1. The Bertz CT molecular complexity index is 849. The molecule has 1 aliphatic rings. The molecule has 10 nitrogen and oxygen atoms in total. The van der Waals surface area contributed by atoms with Crippen LogP contribution in [0.4, 0.5) is 0 Å². The zero-order valence-electron chi connectivity index (χ0n) is 38.4. The van der Waals surface area contributed by atoms with Gasteiger partial charge in [0.15, 0.2) is 0 Å². The van der Waals surface area contributed by atoms with E-state index in [2.05, 4.69) is 34.3 Å². The van der Waals surface area contributed by atoms with Crippen molar-refractivity contribution in [3.05, 3.63) is 0 Å². The number of amides is 2. The van der Waals surface area contributed by atoms with Gasteiger partial charge in [-0.05, 0) is 63.5 Å². The van der Waals surface area contributed by atoms with Gasteiger partial charge in [0.2, 0.25) is 11.8 Å². The molecule has 0 aromatic carbocycles. The highest BCUT2D eigenvalue weighted by molar-refractivity contribution is 5.76. The van der Waals surface area contributed by atoms with Crippen LogP contribution in [-0.4, -0.2) is 109 Å². The van der Waals surface area contributed by atoms with Gasteiger partial charge in [-0.3, -0.25) is 19.4 Å². The van der Waals surface area contributed by atoms with Crippen LogP contribution in [-0.2, 0) is 9.59 Å². The van der Waals surface area contributed by atoms with E-state index < -0.39 is 12.2 Å². The smallest absolute Gasteiger partial charge is 0.220 e. The number of nitrogens with one attached hydrogen (secondary N) is 2. The summed E-state index contributed by atoms with van der Waals surface area (Å²) < 4.78 is 0. The van der Waals surface area contributed by atoms with Crippen LogP contribution in [0.25, 0.3) is 0 Å². The molecule has 1 aliphatic heterocycles. The van der Waals surface area contributed by atoms with Gasteiger partial charge in [0.05, 0.1) is 12.2 Å². The summed E-state index contributed by atoms with van der Waals surface area (Å²) in [5.74, 6) is 0.785. The Kier molecular flexibility index (Phi) is 37.6. The number of hydrogen-bond acceptors (Lipinski definition) is 8. The Hall–Kier alpha value is -1.30. The number of aliphatic hydroxyl groups excluding tert-OH is 2. The monoisotopic (exact) mass is 823 g/mol. The SMILES string of the molecule is CCCCCCCCCCCCCC(CCCN)CC(=O)NCC(O)CN1CCN(CC(O)CNC(=O)CC(CCCN)CCCCCCCCCCCCC)CC1. The van der Waals surface area contributed by atoms with Crippen molar-refractivity contribution in [2.24, 2.45) is 23.3 Å². The fourth-order valence-electron chi connectivity index (χ4n) is 8.72. The lowest BCUT2D eigenvalue weighted by Crippen LogP contribution is -2.52. The maximum atomic E-state index is 12.8. The Balaban J connectivity index is 2.21. The topological polar surface area (TPSA) is 157 Å². The summed E-state index contributed by atoms with van der Waals surface area (Å²) in [5.41, 5.74) is 11.6. The zero-order chi connectivity index (χ0) is 42.3. The molecule has 8 N–H and O–H groups in total. The largest absolute Gasteiger partial charge is 0.390 e. The molecular weight excluding hydrogens is 725 g/mol. The first-order valence-electron chi connectivity index (χ1n) is 25.0. The molecule has 1 fully saturated rings. The summed E-state index contributed by atoms with van der Waals surface area (Å²) in [5, 5.41) is 27.5. The third-order valence-corrected chi connectivity index (χ3v) is 12.5. The molecule has 0 radical (unpaired) electrons. The van der Waals surface area contributed by atoms with Crippen LogP contribution in [0.2, 0.25) is 0 Å². The average Bonchev–Trinajstić information content (AvgIpc) is 3.22. The van der Waals surface area contributed by atoms with Gasteiger partial charge < -0.3 is 32.3 Å². The molecule has 58 heavy (non-hydrogen) atoms. The molecule has 4 atom stereocenters. The van der Waals surface area contributed by atoms with E-state index in [0.717, 1.165) is 64.7 Å². The van der Waals surface area contributed by atoms with E-state index in [4.69, 9.17) is 11.5 Å². The average molecular weight is 823 g/mol. The predicted octanol–water partition coefficient (Wildman–Crippen LogP) is 8.45. The van der Waals surface area contributed by atoms with Crippen molar-refractivity contribution in [3.63, 3.8) is 0 Å². The van der Waals surface area contributed by atoms with E-state index in [1.165, 1.54) is 141 Å². The van der Waals surface area contributed by atoms with Crippen molar-refractivity contribution in [3.8, 4) is 0 Å². The van der Waals surface area contributed by atoms with Crippen molar-refractivity contribution in [1.29, 1.82) is 0 Å². The molecule has 2 amide bonds. The van der Waals surface area contributed by atoms with Gasteiger partial charge in [0, 0.05) is 65.2 Å². The molecule has 1 saturated heterocycles. The van der Waals surface area contributed by atoms with Gasteiger partial charge in [0.1, 0.15) is 0 Å². The van der Waals surface area contributed by atoms with E-state index in [0.29, 0.717) is 50.9 Å². The van der Waals surface area contributed by atoms with Gasteiger partial charge in [-0.1, -0.05) is 155 Å². The lowest BCUT2D eigenvalue weighted by Gasteiger charge is -2.36. The number of carbonyl (C=O) groups excluding carboxylic acids is 2. The molecule has 0 bridgehead atoms. The van der Waals surface area contributed by atoms with E-state index in [1.807, 2.05) is 0 Å². The summed E-state index contributed by atoms with van der Waals surface area (Å²) in [6, 6.07) is 0. The maximum absolute atomic E-state index is 12.8. The Morgan fingerprint density at radius 1 is 0.466 bits per heavy atom. The highest BCUT2D eigenvalue weighted by Gasteiger charge is 2.22. The number of hydrogen-bond donors (Lipinski definition) is 6. The number of unbranched alkanes of at least 4 members (excludes halogenated alkanes) is 20. The van der Waals surface area contributed by atoms with Gasteiger partial charge in [-0.15, -0.1) is 0 Å². The van der Waals surface area contributed by atoms with Crippen molar-refractivity contribution >= 4 is 11.8 Å². The Morgan fingerprint density at radius 2 is 0.741 bits per heavy atom. The Morgan fingerprint density at radius 3 is 1.03 bits per heavy atom. The highest BCUT2D eigenvalue weighted by atomic mass is 16.3. The molecule has 0 aromatic rings. The molecule has 0 spiro atoms. The second kappa shape index (κ2) is 39.8. The molecule has 1 heterocycles. The summed E-state index contributed by atoms with van der Waals surface area (Å²) in [7, 11) is 0. The van der Waals surface area contributed by atoms with Crippen LogP contribution in [0, 0.1) is 11.8 Å². The molecule has 0 aromatic heterocycles. The first kappa shape index (κ1) is 54.7.